The maximum Gasteiger partial charge on any atom is 0.156 e. The molecule has 0 aliphatic heterocycles. The third kappa shape index (κ3) is 2.74. The van der Waals surface area contributed by atoms with Crippen molar-refractivity contribution in [1.29, 1.82) is 0 Å². The van der Waals surface area contributed by atoms with Gasteiger partial charge < -0.3 is 4.74 Å². The van der Waals surface area contributed by atoms with Gasteiger partial charge in [-0.25, -0.2) is 14.4 Å². The Kier molecular flexibility index (Phi) is 2.88. The summed E-state index contributed by atoms with van der Waals surface area (Å²) in [4.78, 5) is 7.63. The van der Waals surface area contributed by atoms with Crippen molar-refractivity contribution in [3.8, 4) is 5.75 Å². The summed E-state index contributed by atoms with van der Waals surface area (Å²) in [6.07, 6.45) is 4.60. The quantitative estimate of drug-likeness (QED) is 0.768. The number of ether oxygens (including phenoxy) is 1. The second-order valence-electron chi connectivity index (χ2n) is 2.99. The number of halogens is 1. The minimum absolute atomic E-state index is 0.248. The molecule has 1 aromatic carbocycles. The minimum Gasteiger partial charge on any atom is -0.486 e. The Morgan fingerprint density at radius 3 is 2.40 bits per heavy atom. The van der Waals surface area contributed by atoms with Gasteiger partial charge in [-0.05, 0) is 17.7 Å². The van der Waals surface area contributed by atoms with Gasteiger partial charge in [-0.2, -0.15) is 0 Å². The highest BCUT2D eigenvalue weighted by Gasteiger charge is 1.96. The highest BCUT2D eigenvalue weighted by atomic mass is 19.1. The van der Waals surface area contributed by atoms with Crippen LogP contribution >= 0.6 is 0 Å². The molecule has 2 aromatic rings. The van der Waals surface area contributed by atoms with Gasteiger partial charge in [0.2, 0.25) is 0 Å². The second kappa shape index (κ2) is 4.50. The molecule has 0 unspecified atom stereocenters. The van der Waals surface area contributed by atoms with Crippen LogP contribution < -0.4 is 4.74 Å². The largest absolute Gasteiger partial charge is 0.486 e. The lowest BCUT2D eigenvalue weighted by Crippen LogP contribution is -1.96. The molecule has 0 saturated carbocycles. The maximum atomic E-state index is 12.6. The van der Waals surface area contributed by atoms with Crippen LogP contribution in [0.4, 0.5) is 4.39 Å². The lowest BCUT2D eigenvalue weighted by molar-refractivity contribution is 0.303. The Balaban J connectivity index is 1.96. The molecule has 15 heavy (non-hydrogen) atoms. The van der Waals surface area contributed by atoms with Gasteiger partial charge in [-0.1, -0.05) is 12.1 Å². The van der Waals surface area contributed by atoms with Gasteiger partial charge in [0.25, 0.3) is 0 Å². The van der Waals surface area contributed by atoms with Crippen LogP contribution in [0.2, 0.25) is 0 Å². The average molecular weight is 204 g/mol. The van der Waals surface area contributed by atoms with Gasteiger partial charge in [-0.15, -0.1) is 0 Å². The van der Waals surface area contributed by atoms with E-state index in [1.54, 1.807) is 24.5 Å². The fourth-order valence-electron chi connectivity index (χ4n) is 1.11. The molecule has 0 radical (unpaired) electrons. The summed E-state index contributed by atoms with van der Waals surface area (Å²) in [5.74, 6) is 0.351. The van der Waals surface area contributed by atoms with Crippen molar-refractivity contribution in [1.82, 2.24) is 9.97 Å². The van der Waals surface area contributed by atoms with Crippen LogP contribution in [0.5, 0.6) is 5.75 Å². The number of hydrogen-bond acceptors (Lipinski definition) is 3. The van der Waals surface area contributed by atoms with Gasteiger partial charge in [0.1, 0.15) is 18.8 Å². The topological polar surface area (TPSA) is 35.0 Å². The molecular weight excluding hydrogens is 195 g/mol. The fraction of sp³-hybridized carbons (Fsp3) is 0.0909. The van der Waals surface area contributed by atoms with Crippen LogP contribution in [0, 0.1) is 5.82 Å². The third-order valence-electron chi connectivity index (χ3n) is 1.86. The molecule has 4 heteroatoms. The smallest absolute Gasteiger partial charge is 0.156 e. The van der Waals surface area contributed by atoms with E-state index in [2.05, 4.69) is 9.97 Å². The molecule has 0 bridgehead atoms. The van der Waals surface area contributed by atoms with Crippen molar-refractivity contribution in [2.45, 2.75) is 6.61 Å². The molecule has 1 aromatic heterocycles. The SMILES string of the molecule is Fc1ccc(COc2cncnc2)cc1. The standard InChI is InChI=1S/C11H9FN2O/c12-10-3-1-9(2-4-10)7-15-11-5-13-8-14-6-11/h1-6,8H,7H2. The van der Waals surface area contributed by atoms with E-state index in [4.69, 9.17) is 4.74 Å². The second-order valence-corrected chi connectivity index (χ2v) is 2.99. The van der Waals surface area contributed by atoms with Gasteiger partial charge >= 0.3 is 0 Å². The van der Waals surface area contributed by atoms with Crippen molar-refractivity contribution in [2.24, 2.45) is 0 Å². The molecule has 76 valence electrons. The molecule has 0 saturated heterocycles. The number of hydrogen-bond donors (Lipinski definition) is 0. The molecule has 0 atom stereocenters. The summed E-state index contributed by atoms with van der Waals surface area (Å²) >= 11 is 0. The van der Waals surface area contributed by atoms with E-state index in [1.807, 2.05) is 0 Å². The van der Waals surface area contributed by atoms with E-state index < -0.39 is 0 Å². The van der Waals surface area contributed by atoms with Crippen LogP contribution in [-0.4, -0.2) is 9.97 Å². The summed E-state index contributed by atoms with van der Waals surface area (Å²) in [5, 5.41) is 0. The van der Waals surface area contributed by atoms with E-state index in [0.717, 1.165) is 5.56 Å². The van der Waals surface area contributed by atoms with Crippen LogP contribution in [-0.2, 0) is 6.61 Å². The first-order chi connectivity index (χ1) is 7.34. The average Bonchev–Trinajstić information content (AvgIpc) is 2.30. The zero-order valence-corrected chi connectivity index (χ0v) is 7.93. The molecule has 0 fully saturated rings. The van der Waals surface area contributed by atoms with Crippen molar-refractivity contribution >= 4 is 0 Å². The fourth-order valence-corrected chi connectivity index (χ4v) is 1.11. The predicted molar refractivity (Wildman–Crippen MR) is 52.8 cm³/mol. The number of rotatable bonds is 3. The minimum atomic E-state index is -0.248. The Morgan fingerprint density at radius 2 is 1.73 bits per heavy atom. The van der Waals surface area contributed by atoms with Gasteiger partial charge in [0, 0.05) is 0 Å². The highest BCUT2D eigenvalue weighted by Crippen LogP contribution is 2.09. The predicted octanol–water partition coefficient (Wildman–Crippen LogP) is 2.19. The van der Waals surface area contributed by atoms with E-state index in [9.17, 15) is 4.39 Å². The Labute approximate surface area is 86.6 Å². The monoisotopic (exact) mass is 204 g/mol. The van der Waals surface area contributed by atoms with E-state index >= 15 is 0 Å². The number of benzene rings is 1. The summed E-state index contributed by atoms with van der Waals surface area (Å²) in [7, 11) is 0. The third-order valence-corrected chi connectivity index (χ3v) is 1.86. The molecule has 0 aliphatic carbocycles. The van der Waals surface area contributed by atoms with E-state index in [1.165, 1.54) is 18.5 Å². The molecule has 0 aliphatic rings. The molecule has 0 spiro atoms. The maximum absolute atomic E-state index is 12.6. The molecular formula is C11H9FN2O. The zero-order valence-electron chi connectivity index (χ0n) is 7.93. The Hall–Kier alpha value is -1.97. The van der Waals surface area contributed by atoms with Crippen molar-refractivity contribution in [2.75, 3.05) is 0 Å². The van der Waals surface area contributed by atoms with E-state index in [0.29, 0.717) is 12.4 Å². The first-order valence-corrected chi connectivity index (χ1v) is 4.47. The zero-order chi connectivity index (χ0) is 10.5. The van der Waals surface area contributed by atoms with Crippen LogP contribution in [0.15, 0.2) is 43.0 Å². The van der Waals surface area contributed by atoms with Crippen LogP contribution in [0.1, 0.15) is 5.56 Å². The van der Waals surface area contributed by atoms with Gasteiger partial charge in [0.05, 0.1) is 12.4 Å². The van der Waals surface area contributed by atoms with Crippen molar-refractivity contribution in [3.63, 3.8) is 0 Å². The normalized spacial score (nSPS) is 9.93. The van der Waals surface area contributed by atoms with Gasteiger partial charge in [-0.3, -0.25) is 0 Å². The Bertz CT molecular complexity index is 416. The number of nitrogens with zero attached hydrogens (tertiary/aromatic N) is 2. The summed E-state index contributed by atoms with van der Waals surface area (Å²) in [6, 6.07) is 6.17. The lowest BCUT2D eigenvalue weighted by atomic mass is 10.2. The molecule has 1 heterocycles. The van der Waals surface area contributed by atoms with Crippen LogP contribution in [0.25, 0.3) is 0 Å². The van der Waals surface area contributed by atoms with Crippen LogP contribution in [0.3, 0.4) is 0 Å². The summed E-state index contributed by atoms with van der Waals surface area (Å²) in [5.41, 5.74) is 0.903. The summed E-state index contributed by atoms with van der Waals surface area (Å²) < 4.78 is 18.0. The van der Waals surface area contributed by atoms with Crippen molar-refractivity contribution < 1.29 is 9.13 Å². The van der Waals surface area contributed by atoms with E-state index in [-0.39, 0.29) is 5.82 Å². The first kappa shape index (κ1) is 9.58. The molecule has 2 rings (SSSR count). The molecule has 0 amide bonds. The van der Waals surface area contributed by atoms with Gasteiger partial charge in [0.15, 0.2) is 5.75 Å². The number of aromatic nitrogens is 2. The molecule has 0 N–H and O–H groups in total. The van der Waals surface area contributed by atoms with Crippen molar-refractivity contribution in [3.05, 3.63) is 54.4 Å². The Morgan fingerprint density at radius 1 is 1.07 bits per heavy atom. The lowest BCUT2D eigenvalue weighted by Gasteiger charge is -2.04. The summed E-state index contributed by atoms with van der Waals surface area (Å²) in [6.45, 7) is 0.383. The molecule has 3 nitrogen and oxygen atoms in total. The first-order valence-electron chi connectivity index (χ1n) is 4.47. The highest BCUT2D eigenvalue weighted by molar-refractivity contribution is 5.17.